The minimum absolute atomic E-state index is 0.0535. The molecule has 2 heterocycles. The van der Waals surface area contributed by atoms with Crippen molar-refractivity contribution in [3.63, 3.8) is 0 Å². The molecular formula is C17H24N2O3. The van der Waals surface area contributed by atoms with Gasteiger partial charge >= 0.3 is 0 Å². The molecule has 0 radical (unpaired) electrons. The van der Waals surface area contributed by atoms with Crippen LogP contribution in [0.5, 0.6) is 0 Å². The zero-order chi connectivity index (χ0) is 15.4. The minimum Gasteiger partial charge on any atom is -0.375 e. The number of pyridine rings is 1. The van der Waals surface area contributed by atoms with Crippen molar-refractivity contribution in [2.75, 3.05) is 13.1 Å². The highest BCUT2D eigenvalue weighted by atomic mass is 16.5. The summed E-state index contributed by atoms with van der Waals surface area (Å²) in [6.45, 7) is 1.42. The highest BCUT2D eigenvalue weighted by Crippen LogP contribution is 2.25. The molecule has 1 aliphatic carbocycles. The second-order valence-corrected chi connectivity index (χ2v) is 6.33. The van der Waals surface area contributed by atoms with Crippen molar-refractivity contribution in [3.8, 4) is 0 Å². The molecule has 5 heteroatoms. The summed E-state index contributed by atoms with van der Waals surface area (Å²) in [5.41, 5.74) is 0.233. The van der Waals surface area contributed by atoms with Crippen molar-refractivity contribution in [2.24, 2.45) is 0 Å². The van der Waals surface area contributed by atoms with Crippen LogP contribution >= 0.6 is 0 Å². The van der Waals surface area contributed by atoms with Crippen LogP contribution < -0.4 is 5.56 Å². The molecule has 3 rings (SSSR count). The number of aromatic nitrogens is 1. The number of nitrogens with one attached hydrogen (secondary N) is 1. The van der Waals surface area contributed by atoms with Crippen molar-refractivity contribution in [1.29, 1.82) is 0 Å². The van der Waals surface area contributed by atoms with E-state index in [0.717, 1.165) is 12.8 Å². The fourth-order valence-corrected chi connectivity index (χ4v) is 3.43. The Balaban J connectivity index is 1.50. The molecule has 5 nitrogen and oxygen atoms in total. The van der Waals surface area contributed by atoms with Gasteiger partial charge in [-0.05, 0) is 31.7 Å². The number of hydrogen-bond donors (Lipinski definition) is 1. The monoisotopic (exact) mass is 304 g/mol. The highest BCUT2D eigenvalue weighted by Gasteiger charge is 2.26. The Hall–Kier alpha value is -1.62. The summed E-state index contributed by atoms with van der Waals surface area (Å²) >= 11 is 0. The number of amides is 1. The molecular weight excluding hydrogens is 280 g/mol. The molecule has 22 heavy (non-hydrogen) atoms. The molecule has 1 saturated heterocycles. The number of ether oxygens (including phenoxy) is 1. The van der Waals surface area contributed by atoms with E-state index in [2.05, 4.69) is 4.98 Å². The number of H-pyrrole nitrogens is 1. The van der Waals surface area contributed by atoms with Gasteiger partial charge in [0.25, 0.3) is 5.91 Å². The molecule has 0 bridgehead atoms. The van der Waals surface area contributed by atoms with E-state index in [0.29, 0.717) is 24.8 Å². The van der Waals surface area contributed by atoms with Crippen LogP contribution in [0.25, 0.3) is 0 Å². The molecule has 0 atom stereocenters. The van der Waals surface area contributed by atoms with Crippen LogP contribution in [0.3, 0.4) is 0 Å². The van der Waals surface area contributed by atoms with E-state index in [-0.39, 0.29) is 17.6 Å². The summed E-state index contributed by atoms with van der Waals surface area (Å²) in [5, 5.41) is 0. The molecule has 1 aromatic rings. The van der Waals surface area contributed by atoms with Crippen LogP contribution in [-0.2, 0) is 4.74 Å². The molecule has 1 amide bonds. The molecule has 2 fully saturated rings. The summed E-state index contributed by atoms with van der Waals surface area (Å²) in [6.07, 6.45) is 10.3. The standard InChI is InChI=1S/C17H24N2O3/c20-16-12-13(6-9-18-16)17(21)19-10-7-15(8-11-19)22-14-4-2-1-3-5-14/h6,9,12,14-15H,1-5,7-8,10-11H2,(H,18,20). The largest absolute Gasteiger partial charge is 0.375 e. The van der Waals surface area contributed by atoms with Crippen molar-refractivity contribution in [2.45, 2.75) is 57.2 Å². The van der Waals surface area contributed by atoms with E-state index in [1.807, 2.05) is 4.90 Å². The average molecular weight is 304 g/mol. The third-order valence-corrected chi connectivity index (χ3v) is 4.69. The van der Waals surface area contributed by atoms with Gasteiger partial charge in [0.15, 0.2) is 0 Å². The zero-order valence-corrected chi connectivity index (χ0v) is 12.9. The lowest BCUT2D eigenvalue weighted by molar-refractivity contribution is -0.0527. The zero-order valence-electron chi connectivity index (χ0n) is 12.9. The first-order valence-corrected chi connectivity index (χ1v) is 8.36. The smallest absolute Gasteiger partial charge is 0.254 e. The summed E-state index contributed by atoms with van der Waals surface area (Å²) in [7, 11) is 0. The predicted octanol–water partition coefficient (Wildman–Crippen LogP) is 2.33. The third-order valence-electron chi connectivity index (χ3n) is 4.69. The maximum absolute atomic E-state index is 12.4. The first-order chi connectivity index (χ1) is 10.7. The molecule has 0 aromatic carbocycles. The average Bonchev–Trinajstić information content (AvgIpc) is 2.56. The lowest BCUT2D eigenvalue weighted by Gasteiger charge is -2.35. The molecule has 120 valence electrons. The quantitative estimate of drug-likeness (QED) is 0.932. The molecule has 1 N–H and O–H groups in total. The summed E-state index contributed by atoms with van der Waals surface area (Å²) in [6, 6.07) is 3.03. The second kappa shape index (κ2) is 7.09. The summed E-state index contributed by atoms with van der Waals surface area (Å²) in [4.78, 5) is 28.1. The Morgan fingerprint density at radius 3 is 2.45 bits per heavy atom. The SMILES string of the molecule is O=C(c1cc[nH]c(=O)c1)N1CCC(OC2CCCCC2)CC1. The van der Waals surface area contributed by atoms with Crippen LogP contribution in [0.2, 0.25) is 0 Å². The fourth-order valence-electron chi connectivity index (χ4n) is 3.43. The van der Waals surface area contributed by atoms with Gasteiger partial charge in [0.1, 0.15) is 0 Å². The Kier molecular flexibility index (Phi) is 4.93. The van der Waals surface area contributed by atoms with E-state index < -0.39 is 0 Å². The maximum atomic E-state index is 12.4. The van der Waals surface area contributed by atoms with Gasteiger partial charge in [0.2, 0.25) is 5.56 Å². The number of nitrogens with zero attached hydrogens (tertiary/aromatic N) is 1. The minimum atomic E-state index is -0.235. The van der Waals surface area contributed by atoms with Crippen LogP contribution in [0, 0.1) is 0 Å². The topological polar surface area (TPSA) is 62.4 Å². The van der Waals surface area contributed by atoms with Crippen LogP contribution in [0.15, 0.2) is 23.1 Å². The molecule has 1 saturated carbocycles. The third kappa shape index (κ3) is 3.77. The van der Waals surface area contributed by atoms with E-state index in [1.165, 1.54) is 44.4 Å². The number of rotatable bonds is 3. The molecule has 1 aliphatic heterocycles. The van der Waals surface area contributed by atoms with Crippen LogP contribution in [0.1, 0.15) is 55.3 Å². The van der Waals surface area contributed by atoms with E-state index in [9.17, 15) is 9.59 Å². The lowest BCUT2D eigenvalue weighted by Crippen LogP contribution is -2.42. The second-order valence-electron chi connectivity index (χ2n) is 6.33. The van der Waals surface area contributed by atoms with Gasteiger partial charge in [0, 0.05) is 30.9 Å². The Labute approximate surface area is 130 Å². The van der Waals surface area contributed by atoms with Gasteiger partial charge in [0.05, 0.1) is 12.2 Å². The predicted molar refractivity (Wildman–Crippen MR) is 83.9 cm³/mol. The van der Waals surface area contributed by atoms with E-state index in [1.54, 1.807) is 6.07 Å². The maximum Gasteiger partial charge on any atom is 0.254 e. The normalized spacial score (nSPS) is 21.0. The lowest BCUT2D eigenvalue weighted by atomic mass is 9.97. The van der Waals surface area contributed by atoms with Gasteiger partial charge in [-0.2, -0.15) is 0 Å². The molecule has 0 spiro atoms. The summed E-state index contributed by atoms with van der Waals surface area (Å²) < 4.78 is 6.19. The van der Waals surface area contributed by atoms with Gasteiger partial charge in [-0.3, -0.25) is 9.59 Å². The number of carbonyl (C=O) groups excluding carboxylic acids is 1. The number of piperidine rings is 1. The Bertz CT molecular complexity index is 555. The number of carbonyl (C=O) groups is 1. The molecule has 0 unspecified atom stereocenters. The van der Waals surface area contributed by atoms with Gasteiger partial charge in [-0.25, -0.2) is 0 Å². The van der Waals surface area contributed by atoms with E-state index in [4.69, 9.17) is 4.74 Å². The summed E-state index contributed by atoms with van der Waals surface area (Å²) in [5.74, 6) is -0.0535. The molecule has 1 aromatic heterocycles. The first kappa shape index (κ1) is 15.3. The van der Waals surface area contributed by atoms with Crippen molar-refractivity contribution >= 4 is 5.91 Å². The Morgan fingerprint density at radius 1 is 1.09 bits per heavy atom. The van der Waals surface area contributed by atoms with Gasteiger partial charge in [-0.15, -0.1) is 0 Å². The molecule has 2 aliphatic rings. The number of aromatic amines is 1. The van der Waals surface area contributed by atoms with E-state index >= 15 is 0 Å². The van der Waals surface area contributed by atoms with Crippen molar-refractivity contribution in [1.82, 2.24) is 9.88 Å². The van der Waals surface area contributed by atoms with Crippen LogP contribution in [0.4, 0.5) is 0 Å². The highest BCUT2D eigenvalue weighted by molar-refractivity contribution is 5.94. The van der Waals surface area contributed by atoms with Gasteiger partial charge < -0.3 is 14.6 Å². The fraction of sp³-hybridized carbons (Fsp3) is 0.647. The van der Waals surface area contributed by atoms with Crippen molar-refractivity contribution < 1.29 is 9.53 Å². The number of hydrogen-bond acceptors (Lipinski definition) is 3. The first-order valence-electron chi connectivity index (χ1n) is 8.36. The van der Waals surface area contributed by atoms with Crippen LogP contribution in [-0.4, -0.2) is 41.1 Å². The van der Waals surface area contributed by atoms with Crippen molar-refractivity contribution in [3.05, 3.63) is 34.2 Å². The number of likely N-dealkylation sites (tertiary alicyclic amines) is 1. The Morgan fingerprint density at radius 2 is 1.77 bits per heavy atom. The van der Waals surface area contributed by atoms with Gasteiger partial charge in [-0.1, -0.05) is 19.3 Å².